The maximum Gasteiger partial charge on any atom is 0.266 e. The number of nitrogens with zero attached hydrogens (tertiary/aromatic N) is 5. The van der Waals surface area contributed by atoms with Gasteiger partial charge in [-0.25, -0.2) is 4.98 Å². The van der Waals surface area contributed by atoms with E-state index in [1.165, 1.54) is 11.8 Å². The van der Waals surface area contributed by atoms with E-state index in [9.17, 15) is 4.79 Å². The molecule has 4 rings (SSSR count). The zero-order valence-corrected chi connectivity index (χ0v) is 15.4. The van der Waals surface area contributed by atoms with Gasteiger partial charge in [-0.15, -0.1) is 5.10 Å². The Morgan fingerprint density at radius 2 is 2.12 bits per heavy atom. The molecule has 0 spiro atoms. The third-order valence-corrected chi connectivity index (χ3v) is 4.80. The molecule has 0 aliphatic carbocycles. The normalized spacial score (nSPS) is 11.3. The van der Waals surface area contributed by atoms with Crippen LogP contribution in [0.3, 0.4) is 0 Å². The molecule has 0 saturated carbocycles. The zero-order valence-electron chi connectivity index (χ0n) is 14.6. The van der Waals surface area contributed by atoms with E-state index in [1.54, 1.807) is 28.6 Å². The second-order valence-corrected chi connectivity index (χ2v) is 6.99. The van der Waals surface area contributed by atoms with Crippen molar-refractivity contribution in [2.45, 2.75) is 19.0 Å². The Morgan fingerprint density at radius 1 is 1.27 bits per heavy atom. The number of aryl methyl sites for hydroxylation is 1. The minimum absolute atomic E-state index is 0.180. The van der Waals surface area contributed by atoms with Crippen molar-refractivity contribution in [1.29, 1.82) is 0 Å². The number of hydrogen-bond donors (Lipinski definition) is 0. The topological polar surface area (TPSA) is 74.3 Å². The summed E-state index contributed by atoms with van der Waals surface area (Å²) in [6, 6.07) is 7.57. The van der Waals surface area contributed by atoms with Gasteiger partial charge in [0.05, 0.1) is 23.7 Å². The molecule has 0 N–H and O–H groups in total. The van der Waals surface area contributed by atoms with Crippen molar-refractivity contribution >= 4 is 28.4 Å². The molecule has 26 heavy (non-hydrogen) atoms. The van der Waals surface area contributed by atoms with E-state index in [0.717, 1.165) is 11.3 Å². The number of rotatable bonds is 4. The van der Waals surface area contributed by atoms with E-state index < -0.39 is 0 Å². The van der Waals surface area contributed by atoms with Gasteiger partial charge in [0.15, 0.2) is 0 Å². The van der Waals surface area contributed by atoms with Gasteiger partial charge in [0.25, 0.3) is 11.3 Å². The van der Waals surface area contributed by atoms with Crippen LogP contribution in [0.1, 0.15) is 12.5 Å². The van der Waals surface area contributed by atoms with Crippen LogP contribution >= 0.6 is 11.8 Å². The average Bonchev–Trinajstić information content (AvgIpc) is 3.05. The minimum Gasteiger partial charge on any atom is -0.495 e. The molecule has 0 saturated heterocycles. The van der Waals surface area contributed by atoms with Crippen LogP contribution in [-0.2, 0) is 0 Å². The highest BCUT2D eigenvalue weighted by Gasteiger charge is 2.14. The molecule has 0 aliphatic heterocycles. The van der Waals surface area contributed by atoms with E-state index in [2.05, 4.69) is 15.1 Å². The van der Waals surface area contributed by atoms with Gasteiger partial charge in [-0.05, 0) is 36.4 Å². The predicted octanol–water partition coefficient (Wildman–Crippen LogP) is 2.86. The van der Waals surface area contributed by atoms with Gasteiger partial charge in [0.2, 0.25) is 5.16 Å². The summed E-state index contributed by atoms with van der Waals surface area (Å²) in [5.74, 6) is 1.99. The Morgan fingerprint density at radius 3 is 2.88 bits per heavy atom. The second-order valence-electron chi connectivity index (χ2n) is 5.76. The van der Waals surface area contributed by atoms with Crippen molar-refractivity contribution in [3.05, 3.63) is 52.6 Å². The molecule has 8 heteroatoms. The number of hydrogen-bond acceptors (Lipinski definition) is 6. The zero-order chi connectivity index (χ0) is 18.3. The fourth-order valence-electron chi connectivity index (χ4n) is 2.87. The molecule has 1 aromatic carbocycles. The Kier molecular flexibility index (Phi) is 4.12. The van der Waals surface area contributed by atoms with Crippen molar-refractivity contribution < 1.29 is 4.74 Å². The molecule has 3 heterocycles. The van der Waals surface area contributed by atoms with Gasteiger partial charge >= 0.3 is 0 Å². The van der Waals surface area contributed by atoms with E-state index in [4.69, 9.17) is 4.74 Å². The number of ether oxygens (including phenoxy) is 1. The van der Waals surface area contributed by atoms with Crippen LogP contribution in [0.25, 0.3) is 22.4 Å². The van der Waals surface area contributed by atoms with Crippen LogP contribution in [-0.4, -0.2) is 37.0 Å². The van der Waals surface area contributed by atoms with E-state index >= 15 is 0 Å². The standard InChI is InChI=1S/C18H17N5O2S/c1-4-26-18-20-17-19-10-12-13(23(17)21-18)7-8-22(16(12)24)14-9-11(2)5-6-15(14)25-3/h5-10H,4H2,1-3H3. The molecule has 0 atom stereocenters. The van der Waals surface area contributed by atoms with Crippen molar-refractivity contribution in [2.75, 3.05) is 12.9 Å². The van der Waals surface area contributed by atoms with Crippen LogP contribution in [0.2, 0.25) is 0 Å². The fraction of sp³-hybridized carbons (Fsp3) is 0.222. The Bertz CT molecular complexity index is 1180. The number of thioether (sulfide) groups is 1. The van der Waals surface area contributed by atoms with Crippen LogP contribution in [0, 0.1) is 6.92 Å². The van der Waals surface area contributed by atoms with Gasteiger partial charge < -0.3 is 4.74 Å². The molecule has 3 aromatic heterocycles. The number of pyridine rings is 1. The molecule has 4 aromatic rings. The van der Waals surface area contributed by atoms with E-state index in [-0.39, 0.29) is 5.56 Å². The summed E-state index contributed by atoms with van der Waals surface area (Å²) >= 11 is 1.54. The SMILES string of the molecule is CCSc1nc2ncc3c(=O)n(-c4cc(C)ccc4OC)ccc3n2n1. The summed E-state index contributed by atoms with van der Waals surface area (Å²) in [4.78, 5) is 21.8. The highest BCUT2D eigenvalue weighted by Crippen LogP contribution is 2.24. The molecule has 7 nitrogen and oxygen atoms in total. The Hall–Kier alpha value is -2.87. The molecule has 0 bridgehead atoms. The number of methoxy groups -OCH3 is 1. The highest BCUT2D eigenvalue weighted by atomic mass is 32.2. The van der Waals surface area contributed by atoms with Crippen molar-refractivity contribution in [1.82, 2.24) is 24.1 Å². The Labute approximate surface area is 153 Å². The van der Waals surface area contributed by atoms with Crippen molar-refractivity contribution in [2.24, 2.45) is 0 Å². The van der Waals surface area contributed by atoms with Crippen molar-refractivity contribution in [3.63, 3.8) is 0 Å². The number of fused-ring (bicyclic) bond motifs is 3. The van der Waals surface area contributed by atoms with E-state index in [1.807, 2.05) is 38.1 Å². The van der Waals surface area contributed by atoms with Gasteiger partial charge in [-0.3, -0.25) is 9.36 Å². The average molecular weight is 367 g/mol. The summed E-state index contributed by atoms with van der Waals surface area (Å²) in [5.41, 5.74) is 2.23. The van der Waals surface area contributed by atoms with Gasteiger partial charge in [0.1, 0.15) is 5.75 Å². The summed E-state index contributed by atoms with van der Waals surface area (Å²) in [6.45, 7) is 4.01. The van der Waals surface area contributed by atoms with Crippen LogP contribution in [0.15, 0.2) is 46.6 Å². The van der Waals surface area contributed by atoms with Gasteiger partial charge in [0, 0.05) is 12.4 Å². The maximum absolute atomic E-state index is 13.1. The highest BCUT2D eigenvalue weighted by molar-refractivity contribution is 7.99. The first kappa shape index (κ1) is 16.6. The van der Waals surface area contributed by atoms with E-state index in [0.29, 0.717) is 33.3 Å². The maximum atomic E-state index is 13.1. The molecular weight excluding hydrogens is 350 g/mol. The Balaban J connectivity index is 1.97. The third-order valence-electron chi connectivity index (χ3n) is 4.08. The smallest absolute Gasteiger partial charge is 0.266 e. The first-order valence-corrected chi connectivity index (χ1v) is 9.16. The lowest BCUT2D eigenvalue weighted by Crippen LogP contribution is -2.19. The van der Waals surface area contributed by atoms with Gasteiger partial charge in [-0.2, -0.15) is 9.50 Å². The lowest BCUT2D eigenvalue weighted by molar-refractivity contribution is 0.412. The lowest BCUT2D eigenvalue weighted by Gasteiger charge is -2.12. The van der Waals surface area contributed by atoms with Crippen LogP contribution in [0.4, 0.5) is 0 Å². The molecule has 0 unspecified atom stereocenters. The predicted molar refractivity (Wildman–Crippen MR) is 102 cm³/mol. The summed E-state index contributed by atoms with van der Waals surface area (Å²) < 4.78 is 8.60. The van der Waals surface area contributed by atoms with Crippen LogP contribution in [0.5, 0.6) is 5.75 Å². The first-order chi connectivity index (χ1) is 12.6. The largest absolute Gasteiger partial charge is 0.495 e. The minimum atomic E-state index is -0.180. The molecule has 0 fully saturated rings. The summed E-state index contributed by atoms with van der Waals surface area (Å²) in [5, 5.41) is 5.58. The molecule has 0 amide bonds. The molecule has 0 aliphatic rings. The summed E-state index contributed by atoms with van der Waals surface area (Å²) in [7, 11) is 1.59. The first-order valence-electron chi connectivity index (χ1n) is 8.17. The quantitative estimate of drug-likeness (QED) is 0.516. The monoisotopic (exact) mass is 367 g/mol. The number of aromatic nitrogens is 5. The van der Waals surface area contributed by atoms with Crippen LogP contribution < -0.4 is 10.3 Å². The fourth-order valence-corrected chi connectivity index (χ4v) is 3.41. The molecular formula is C18H17N5O2S. The third kappa shape index (κ3) is 2.62. The lowest BCUT2D eigenvalue weighted by atomic mass is 10.2. The molecule has 0 radical (unpaired) electrons. The molecule has 132 valence electrons. The summed E-state index contributed by atoms with van der Waals surface area (Å²) in [6.07, 6.45) is 3.29. The second kappa shape index (κ2) is 6.45. The van der Waals surface area contributed by atoms with Crippen molar-refractivity contribution in [3.8, 4) is 11.4 Å². The number of benzene rings is 1. The van der Waals surface area contributed by atoms with Gasteiger partial charge in [-0.1, -0.05) is 24.8 Å².